The molecule has 1 aliphatic heterocycles. The third-order valence-corrected chi connectivity index (χ3v) is 6.14. The second-order valence-corrected chi connectivity index (χ2v) is 8.60. The number of benzene rings is 2. The van der Waals surface area contributed by atoms with Crippen LogP contribution in [0.4, 0.5) is 5.69 Å². The van der Waals surface area contributed by atoms with Crippen molar-refractivity contribution in [2.24, 2.45) is 4.99 Å². The van der Waals surface area contributed by atoms with Crippen molar-refractivity contribution >= 4 is 34.5 Å². The maximum Gasteiger partial charge on any atom is 0.338 e. The number of nitrogens with zero attached hydrogens (tertiary/aromatic N) is 1. The van der Waals surface area contributed by atoms with Gasteiger partial charge >= 0.3 is 5.97 Å². The number of aliphatic imine (C=N–C) groups is 1. The molecule has 0 aromatic heterocycles. The van der Waals surface area contributed by atoms with Gasteiger partial charge in [0.05, 0.1) is 25.0 Å². The number of carbonyl (C=O) groups is 2. The predicted molar refractivity (Wildman–Crippen MR) is 133 cm³/mol. The van der Waals surface area contributed by atoms with Crippen LogP contribution in [0.1, 0.15) is 36.6 Å². The van der Waals surface area contributed by atoms with Gasteiger partial charge in [-0.2, -0.15) is 0 Å². The van der Waals surface area contributed by atoms with Crippen molar-refractivity contribution < 1.29 is 19.1 Å². The van der Waals surface area contributed by atoms with Crippen LogP contribution in [0.3, 0.4) is 0 Å². The van der Waals surface area contributed by atoms with E-state index in [0.717, 1.165) is 16.8 Å². The smallest absolute Gasteiger partial charge is 0.338 e. The van der Waals surface area contributed by atoms with Crippen molar-refractivity contribution in [2.45, 2.75) is 33.7 Å². The number of nitrogens with one attached hydrogen (secondary N) is 2. The van der Waals surface area contributed by atoms with Gasteiger partial charge in [-0.1, -0.05) is 30.0 Å². The molecule has 2 N–H and O–H groups in total. The van der Waals surface area contributed by atoms with Crippen LogP contribution in [0.15, 0.2) is 58.7 Å². The lowest BCUT2D eigenvalue weighted by molar-refractivity contribution is -0.139. The molecular weight excluding hydrogens is 438 g/mol. The maximum absolute atomic E-state index is 12.7. The van der Waals surface area contributed by atoms with Gasteiger partial charge in [0, 0.05) is 11.4 Å². The van der Waals surface area contributed by atoms with Gasteiger partial charge in [-0.05, 0) is 68.7 Å². The zero-order valence-corrected chi connectivity index (χ0v) is 20.3. The molecule has 0 saturated heterocycles. The average molecular weight is 468 g/mol. The van der Waals surface area contributed by atoms with E-state index in [1.165, 1.54) is 17.3 Å². The van der Waals surface area contributed by atoms with Gasteiger partial charge in [-0.15, -0.1) is 0 Å². The standard InChI is InChI=1S/C25H29N3O4S/c1-6-32-24(30)22-17(4)26-25(28-23(22)18-8-7-9-20(13-18)31-5)33-14-21(29)27-19-11-10-15(2)16(3)12-19/h7-13,23H,6,14H2,1-5H3,(H,26,28)(H,27,29)/t23-/m0/s1. The van der Waals surface area contributed by atoms with E-state index >= 15 is 0 Å². The fourth-order valence-corrected chi connectivity index (χ4v) is 4.14. The van der Waals surface area contributed by atoms with Crippen LogP contribution in [0.2, 0.25) is 0 Å². The van der Waals surface area contributed by atoms with Gasteiger partial charge in [0.2, 0.25) is 5.91 Å². The summed E-state index contributed by atoms with van der Waals surface area (Å²) in [5.41, 5.74) is 4.94. The summed E-state index contributed by atoms with van der Waals surface area (Å²) in [6.45, 7) is 7.88. The summed E-state index contributed by atoms with van der Waals surface area (Å²) in [5, 5.41) is 6.63. The number of hydrogen-bond acceptors (Lipinski definition) is 7. The Labute approximate surface area is 198 Å². The number of amides is 1. The van der Waals surface area contributed by atoms with Crippen molar-refractivity contribution in [1.29, 1.82) is 0 Å². The highest BCUT2D eigenvalue weighted by Gasteiger charge is 2.30. The van der Waals surface area contributed by atoms with E-state index in [4.69, 9.17) is 14.5 Å². The Morgan fingerprint density at radius 1 is 1.12 bits per heavy atom. The van der Waals surface area contributed by atoms with Gasteiger partial charge in [-0.3, -0.25) is 4.79 Å². The third kappa shape index (κ3) is 6.16. The van der Waals surface area contributed by atoms with Gasteiger partial charge < -0.3 is 20.1 Å². The first kappa shape index (κ1) is 24.4. The molecule has 33 heavy (non-hydrogen) atoms. The van der Waals surface area contributed by atoms with E-state index in [1.807, 2.05) is 63.2 Å². The summed E-state index contributed by atoms with van der Waals surface area (Å²) in [4.78, 5) is 29.9. The summed E-state index contributed by atoms with van der Waals surface area (Å²) in [6, 6.07) is 12.7. The van der Waals surface area contributed by atoms with Crippen LogP contribution in [0.5, 0.6) is 5.75 Å². The summed E-state index contributed by atoms with van der Waals surface area (Å²) in [6.07, 6.45) is 0. The normalized spacial score (nSPS) is 15.4. The second-order valence-electron chi connectivity index (χ2n) is 7.63. The van der Waals surface area contributed by atoms with Gasteiger partial charge in [0.25, 0.3) is 0 Å². The molecule has 0 unspecified atom stereocenters. The quantitative estimate of drug-likeness (QED) is 0.582. The molecule has 0 fully saturated rings. The molecule has 1 aliphatic rings. The fraction of sp³-hybridized carbons (Fsp3) is 0.320. The summed E-state index contributed by atoms with van der Waals surface area (Å²) in [7, 11) is 1.59. The molecule has 2 aromatic rings. The summed E-state index contributed by atoms with van der Waals surface area (Å²) in [5.74, 6) is 0.286. The van der Waals surface area contributed by atoms with Crippen LogP contribution in [0.25, 0.3) is 0 Å². The number of anilines is 1. The van der Waals surface area contributed by atoms with Crippen molar-refractivity contribution in [3.05, 3.63) is 70.4 Å². The van der Waals surface area contributed by atoms with Crippen LogP contribution >= 0.6 is 11.8 Å². The highest BCUT2D eigenvalue weighted by atomic mass is 32.2. The zero-order chi connectivity index (χ0) is 24.0. The second kappa shape index (κ2) is 11.0. The van der Waals surface area contributed by atoms with Gasteiger partial charge in [0.1, 0.15) is 11.8 Å². The van der Waals surface area contributed by atoms with Crippen molar-refractivity contribution in [3.8, 4) is 5.75 Å². The Morgan fingerprint density at radius 3 is 2.61 bits per heavy atom. The number of hydrogen-bond donors (Lipinski definition) is 2. The molecule has 1 amide bonds. The molecule has 7 nitrogen and oxygen atoms in total. The first-order chi connectivity index (χ1) is 15.8. The van der Waals surface area contributed by atoms with Crippen molar-refractivity contribution in [2.75, 3.05) is 24.8 Å². The largest absolute Gasteiger partial charge is 0.497 e. The van der Waals surface area contributed by atoms with E-state index in [2.05, 4.69) is 10.6 Å². The minimum atomic E-state index is -0.564. The molecule has 3 rings (SSSR count). The highest BCUT2D eigenvalue weighted by Crippen LogP contribution is 2.34. The van der Waals surface area contributed by atoms with Gasteiger partial charge in [-0.25, -0.2) is 9.79 Å². The molecule has 2 aromatic carbocycles. The fourth-order valence-electron chi connectivity index (χ4n) is 3.40. The molecule has 174 valence electrons. The first-order valence-electron chi connectivity index (χ1n) is 10.7. The number of ether oxygens (including phenoxy) is 2. The molecule has 8 heteroatoms. The van der Waals surface area contributed by atoms with E-state index in [0.29, 0.717) is 22.2 Å². The zero-order valence-electron chi connectivity index (χ0n) is 19.5. The Morgan fingerprint density at radius 2 is 1.91 bits per heavy atom. The first-order valence-corrected chi connectivity index (χ1v) is 11.7. The third-order valence-electron chi connectivity index (χ3n) is 5.25. The Kier molecular flexibility index (Phi) is 8.16. The molecular formula is C25H29N3O4S. The van der Waals surface area contributed by atoms with Crippen LogP contribution in [0, 0.1) is 13.8 Å². The topological polar surface area (TPSA) is 89.0 Å². The van der Waals surface area contributed by atoms with E-state index in [-0.39, 0.29) is 18.3 Å². The number of allylic oxidation sites excluding steroid dienone is 1. The summed E-state index contributed by atoms with van der Waals surface area (Å²) >= 11 is 1.28. The lowest BCUT2D eigenvalue weighted by Crippen LogP contribution is -2.31. The number of rotatable bonds is 7. The molecule has 0 radical (unpaired) electrons. The minimum Gasteiger partial charge on any atom is -0.497 e. The average Bonchev–Trinajstić information content (AvgIpc) is 2.80. The Bertz CT molecular complexity index is 1110. The number of methoxy groups -OCH3 is 1. The van der Waals surface area contributed by atoms with Crippen LogP contribution in [-0.2, 0) is 14.3 Å². The van der Waals surface area contributed by atoms with Crippen LogP contribution < -0.4 is 15.4 Å². The predicted octanol–water partition coefficient (Wildman–Crippen LogP) is 4.52. The lowest BCUT2D eigenvalue weighted by atomic mass is 9.96. The SMILES string of the molecule is CCOC(=O)C1=C(C)NC(SCC(=O)Nc2ccc(C)c(C)c2)=N[C@H]1c1cccc(OC)c1. The van der Waals surface area contributed by atoms with Crippen molar-refractivity contribution in [3.63, 3.8) is 0 Å². The maximum atomic E-state index is 12.7. The number of thioether (sulfide) groups is 1. The van der Waals surface area contributed by atoms with Gasteiger partial charge in [0.15, 0.2) is 5.17 Å². The molecule has 0 bridgehead atoms. The molecule has 1 heterocycles. The Hall–Kier alpha value is -3.26. The number of amidine groups is 1. The molecule has 0 spiro atoms. The molecule has 1 atom stereocenters. The molecule has 0 saturated carbocycles. The van der Waals surface area contributed by atoms with Crippen LogP contribution in [-0.4, -0.2) is 36.5 Å². The number of esters is 1. The Balaban J connectivity index is 1.78. The van der Waals surface area contributed by atoms with E-state index in [1.54, 1.807) is 14.0 Å². The highest BCUT2D eigenvalue weighted by molar-refractivity contribution is 8.14. The minimum absolute atomic E-state index is 0.136. The number of carbonyl (C=O) groups excluding carboxylic acids is 2. The van der Waals surface area contributed by atoms with E-state index in [9.17, 15) is 9.59 Å². The van der Waals surface area contributed by atoms with E-state index < -0.39 is 12.0 Å². The molecule has 0 aliphatic carbocycles. The monoisotopic (exact) mass is 467 g/mol. The number of aryl methyl sites for hydroxylation is 2. The lowest BCUT2D eigenvalue weighted by Gasteiger charge is -2.26. The van der Waals surface area contributed by atoms with Crippen molar-refractivity contribution in [1.82, 2.24) is 5.32 Å². The summed E-state index contributed by atoms with van der Waals surface area (Å²) < 4.78 is 10.6.